The topological polar surface area (TPSA) is 138 Å². The molecule has 0 aliphatic rings. The summed E-state index contributed by atoms with van der Waals surface area (Å²) in [6.45, 7) is 13.7. The number of carbonyl (C=O) groups excluding carboxylic acids is 5. The van der Waals surface area contributed by atoms with Gasteiger partial charge in [-0.2, -0.15) is 9.98 Å². The standard InChI is InChI=1S/C19H21NO5.C10H7NO3/c1-13(2)18(22)24-10-8-15-6-5-7-17(20-12-21)16(15)9-11-25-19(23)14(3)4;1-2-10(13)14-9-6-4-3-5-8(9)11-7-12/h5-7H,1,3,8-11H2,2,4H3;2-6H,1H2. The Hall–Kier alpha value is -5.17. The molecule has 0 saturated heterocycles. The first-order valence-electron chi connectivity index (χ1n) is 11.5. The molecular formula is C29H28N2O8. The van der Waals surface area contributed by atoms with Gasteiger partial charge in [-0.25, -0.2) is 24.0 Å². The van der Waals surface area contributed by atoms with E-state index in [9.17, 15) is 24.0 Å². The van der Waals surface area contributed by atoms with Gasteiger partial charge < -0.3 is 14.2 Å². The summed E-state index contributed by atoms with van der Waals surface area (Å²) in [5.41, 5.74) is 2.93. The van der Waals surface area contributed by atoms with E-state index in [1.54, 1.807) is 38.1 Å². The van der Waals surface area contributed by atoms with Gasteiger partial charge in [-0.3, -0.25) is 0 Å². The molecule has 2 aromatic rings. The molecule has 0 heterocycles. The van der Waals surface area contributed by atoms with Gasteiger partial charge in [0, 0.05) is 30.1 Å². The van der Waals surface area contributed by atoms with Crippen molar-refractivity contribution in [2.45, 2.75) is 26.7 Å². The van der Waals surface area contributed by atoms with E-state index < -0.39 is 17.9 Å². The van der Waals surface area contributed by atoms with Crippen molar-refractivity contribution >= 4 is 41.4 Å². The molecule has 0 unspecified atom stereocenters. The van der Waals surface area contributed by atoms with Crippen molar-refractivity contribution in [1.29, 1.82) is 0 Å². The molecule has 0 fully saturated rings. The van der Waals surface area contributed by atoms with E-state index in [1.807, 2.05) is 6.07 Å². The number of para-hydroxylation sites is 2. The van der Waals surface area contributed by atoms with Gasteiger partial charge in [0.25, 0.3) is 0 Å². The number of benzene rings is 2. The van der Waals surface area contributed by atoms with Crippen LogP contribution in [0, 0.1) is 0 Å². The Morgan fingerprint density at radius 3 is 1.92 bits per heavy atom. The average Bonchev–Trinajstić information content (AvgIpc) is 2.91. The predicted molar refractivity (Wildman–Crippen MR) is 143 cm³/mol. The second kappa shape index (κ2) is 17.3. The van der Waals surface area contributed by atoms with Crippen molar-refractivity contribution in [1.82, 2.24) is 0 Å². The van der Waals surface area contributed by atoms with Crippen LogP contribution in [0.15, 0.2) is 89.4 Å². The van der Waals surface area contributed by atoms with Crippen molar-refractivity contribution in [2.24, 2.45) is 9.98 Å². The van der Waals surface area contributed by atoms with Crippen LogP contribution in [0.1, 0.15) is 25.0 Å². The summed E-state index contributed by atoms with van der Waals surface area (Å²) >= 11 is 0. The molecular weight excluding hydrogens is 504 g/mol. The van der Waals surface area contributed by atoms with E-state index in [0.717, 1.165) is 17.2 Å². The highest BCUT2D eigenvalue weighted by atomic mass is 16.5. The molecule has 39 heavy (non-hydrogen) atoms. The first kappa shape index (κ1) is 31.9. The second-order valence-electron chi connectivity index (χ2n) is 7.75. The van der Waals surface area contributed by atoms with Crippen LogP contribution in [-0.4, -0.2) is 43.3 Å². The van der Waals surface area contributed by atoms with E-state index >= 15 is 0 Å². The molecule has 0 atom stereocenters. The summed E-state index contributed by atoms with van der Waals surface area (Å²) in [5.74, 6) is -1.33. The van der Waals surface area contributed by atoms with Gasteiger partial charge in [0.15, 0.2) is 5.75 Å². The Morgan fingerprint density at radius 2 is 1.36 bits per heavy atom. The maximum Gasteiger partial charge on any atom is 0.335 e. The zero-order valence-corrected chi connectivity index (χ0v) is 21.7. The Morgan fingerprint density at radius 1 is 0.821 bits per heavy atom. The predicted octanol–water partition coefficient (Wildman–Crippen LogP) is 4.72. The van der Waals surface area contributed by atoms with Crippen LogP contribution in [0.25, 0.3) is 0 Å². The molecule has 0 aliphatic heterocycles. The molecule has 202 valence electrons. The van der Waals surface area contributed by atoms with Crippen molar-refractivity contribution < 1.29 is 38.2 Å². The van der Waals surface area contributed by atoms with E-state index in [4.69, 9.17) is 14.2 Å². The van der Waals surface area contributed by atoms with Crippen molar-refractivity contribution in [3.8, 4) is 5.75 Å². The molecule has 0 amide bonds. The molecule has 10 nitrogen and oxygen atoms in total. The monoisotopic (exact) mass is 532 g/mol. The van der Waals surface area contributed by atoms with Gasteiger partial charge in [-0.1, -0.05) is 44.0 Å². The fourth-order valence-electron chi connectivity index (χ4n) is 2.88. The Kier molecular flexibility index (Phi) is 14.1. The van der Waals surface area contributed by atoms with Crippen LogP contribution in [0.2, 0.25) is 0 Å². The molecule has 0 saturated carbocycles. The van der Waals surface area contributed by atoms with Crippen molar-refractivity contribution in [2.75, 3.05) is 13.2 Å². The van der Waals surface area contributed by atoms with E-state index in [1.165, 1.54) is 24.3 Å². The number of hydrogen-bond acceptors (Lipinski definition) is 10. The van der Waals surface area contributed by atoms with E-state index in [0.29, 0.717) is 29.7 Å². The number of isocyanates is 2. The second-order valence-corrected chi connectivity index (χ2v) is 7.75. The number of aliphatic imine (C=N–C) groups is 2. The minimum absolute atomic E-state index is 0.121. The first-order chi connectivity index (χ1) is 18.6. The molecule has 0 N–H and O–H groups in total. The number of ether oxygens (including phenoxy) is 3. The summed E-state index contributed by atoms with van der Waals surface area (Å²) in [4.78, 5) is 61.5. The van der Waals surface area contributed by atoms with Gasteiger partial charge in [0.05, 0.1) is 18.9 Å². The van der Waals surface area contributed by atoms with Crippen molar-refractivity contribution in [3.05, 3.63) is 90.6 Å². The van der Waals surface area contributed by atoms with Crippen LogP contribution < -0.4 is 4.74 Å². The van der Waals surface area contributed by atoms with Gasteiger partial charge in [0.2, 0.25) is 12.2 Å². The van der Waals surface area contributed by atoms with Crippen LogP contribution in [0.3, 0.4) is 0 Å². The molecule has 0 spiro atoms. The molecule has 0 aliphatic carbocycles. The van der Waals surface area contributed by atoms with E-state index in [2.05, 4.69) is 29.7 Å². The third-order valence-electron chi connectivity index (χ3n) is 4.71. The van der Waals surface area contributed by atoms with Crippen LogP contribution in [0.4, 0.5) is 11.4 Å². The molecule has 10 heteroatoms. The van der Waals surface area contributed by atoms with Gasteiger partial charge in [-0.05, 0) is 43.2 Å². The lowest BCUT2D eigenvalue weighted by atomic mass is 10.0. The molecule has 2 aromatic carbocycles. The zero-order valence-electron chi connectivity index (χ0n) is 21.7. The highest BCUT2D eigenvalue weighted by Gasteiger charge is 2.12. The van der Waals surface area contributed by atoms with Crippen LogP contribution in [-0.2, 0) is 46.3 Å². The smallest absolute Gasteiger partial charge is 0.335 e. The molecule has 0 aromatic heterocycles. The fraction of sp³-hybridized carbons (Fsp3) is 0.207. The Balaban J connectivity index is 0.000000457. The number of hydrogen-bond donors (Lipinski definition) is 0. The number of carbonyl (C=O) groups is 3. The Bertz CT molecular complexity index is 1330. The minimum atomic E-state index is -0.599. The number of nitrogens with zero attached hydrogens (tertiary/aromatic N) is 2. The SMILES string of the molecule is C=C(C)C(=O)OCCc1cccc(N=C=O)c1CCOC(=O)C(=C)C.C=CC(=O)Oc1ccccc1N=C=O. The summed E-state index contributed by atoms with van der Waals surface area (Å²) < 4.78 is 15.0. The van der Waals surface area contributed by atoms with Crippen LogP contribution >= 0.6 is 0 Å². The summed E-state index contributed by atoms with van der Waals surface area (Å²) in [5, 5.41) is 0. The molecule has 2 rings (SSSR count). The summed E-state index contributed by atoms with van der Waals surface area (Å²) in [6, 6.07) is 11.7. The van der Waals surface area contributed by atoms with Crippen molar-refractivity contribution in [3.63, 3.8) is 0 Å². The van der Waals surface area contributed by atoms with E-state index in [-0.39, 0.29) is 24.7 Å². The lowest BCUT2D eigenvalue weighted by molar-refractivity contribution is -0.139. The van der Waals surface area contributed by atoms with Gasteiger partial charge in [-0.15, -0.1) is 0 Å². The lowest BCUT2D eigenvalue weighted by Gasteiger charge is -2.12. The summed E-state index contributed by atoms with van der Waals surface area (Å²) in [7, 11) is 0. The lowest BCUT2D eigenvalue weighted by Crippen LogP contribution is -2.11. The van der Waals surface area contributed by atoms with Gasteiger partial charge >= 0.3 is 17.9 Å². The quantitative estimate of drug-likeness (QED) is 0.126. The summed E-state index contributed by atoms with van der Waals surface area (Å²) in [6.07, 6.45) is 4.72. The maximum absolute atomic E-state index is 11.5. The third kappa shape index (κ3) is 11.6. The highest BCUT2D eigenvalue weighted by Crippen LogP contribution is 2.26. The Labute approximate surface area is 226 Å². The first-order valence-corrected chi connectivity index (χ1v) is 11.5. The zero-order chi connectivity index (χ0) is 29.2. The average molecular weight is 533 g/mol. The fourth-order valence-corrected chi connectivity index (χ4v) is 2.88. The highest BCUT2D eigenvalue weighted by molar-refractivity contribution is 5.87. The largest absolute Gasteiger partial charge is 0.462 e. The maximum atomic E-state index is 11.5. The van der Waals surface area contributed by atoms with Gasteiger partial charge in [0.1, 0.15) is 5.69 Å². The number of esters is 3. The third-order valence-corrected chi connectivity index (χ3v) is 4.71. The normalized spacial score (nSPS) is 9.28. The minimum Gasteiger partial charge on any atom is -0.462 e. The molecule has 0 bridgehead atoms. The molecule has 0 radical (unpaired) electrons. The van der Waals surface area contributed by atoms with Crippen LogP contribution in [0.5, 0.6) is 5.75 Å². The number of rotatable bonds is 12.